The highest BCUT2D eigenvalue weighted by Gasteiger charge is 2.17. The zero-order valence-corrected chi connectivity index (χ0v) is 18.2. The molecule has 1 N–H and O–H groups in total. The first kappa shape index (κ1) is 20.0. The number of nitrogens with zero attached hydrogens (tertiary/aromatic N) is 4. The normalized spacial score (nSPS) is 11.6. The highest BCUT2D eigenvalue weighted by atomic mass is 32.1. The molecule has 0 bridgehead atoms. The van der Waals surface area contributed by atoms with E-state index in [4.69, 9.17) is 4.74 Å². The minimum absolute atomic E-state index is 0.0415. The monoisotopic (exact) mass is 421 g/mol. The van der Waals surface area contributed by atoms with Crippen LogP contribution < -0.4 is 10.1 Å². The van der Waals surface area contributed by atoms with Crippen LogP contribution in [-0.4, -0.2) is 32.3 Å². The Morgan fingerprint density at radius 3 is 2.40 bits per heavy atom. The Bertz CT molecular complexity index is 1170. The standard InChI is InChI=1S/C22H23N5O2S/c1-5-29-17-12-8-14(9-13-17)18-24-25-21-27(18)26-20(30-21)23-19(28)15-6-10-16(11-7-15)22(2,3)4/h6-13H,5H2,1-4H3,(H,23,26,28). The summed E-state index contributed by atoms with van der Waals surface area (Å²) in [5.74, 6) is 1.20. The van der Waals surface area contributed by atoms with E-state index in [2.05, 4.69) is 41.4 Å². The molecule has 0 saturated heterocycles. The quantitative estimate of drug-likeness (QED) is 0.500. The van der Waals surface area contributed by atoms with E-state index in [0.29, 0.717) is 28.1 Å². The molecule has 8 heteroatoms. The molecule has 154 valence electrons. The molecule has 4 aromatic rings. The number of aromatic nitrogens is 4. The molecule has 1 amide bonds. The molecule has 0 atom stereocenters. The van der Waals surface area contributed by atoms with E-state index < -0.39 is 0 Å². The maximum atomic E-state index is 12.6. The lowest BCUT2D eigenvalue weighted by atomic mass is 9.87. The number of nitrogens with one attached hydrogen (secondary N) is 1. The van der Waals surface area contributed by atoms with Crippen molar-refractivity contribution < 1.29 is 9.53 Å². The third-order valence-corrected chi connectivity index (χ3v) is 5.46. The molecule has 0 aliphatic heterocycles. The van der Waals surface area contributed by atoms with Gasteiger partial charge in [0.05, 0.1) is 6.61 Å². The first-order valence-electron chi connectivity index (χ1n) is 9.72. The molecule has 0 saturated carbocycles. The second kappa shape index (κ2) is 7.87. The zero-order chi connectivity index (χ0) is 21.3. The van der Waals surface area contributed by atoms with Crippen LogP contribution in [0.3, 0.4) is 0 Å². The van der Waals surface area contributed by atoms with Crippen LogP contribution in [0.5, 0.6) is 5.75 Å². The van der Waals surface area contributed by atoms with E-state index in [0.717, 1.165) is 11.3 Å². The van der Waals surface area contributed by atoms with Gasteiger partial charge in [-0.3, -0.25) is 10.1 Å². The maximum Gasteiger partial charge on any atom is 0.257 e. The van der Waals surface area contributed by atoms with E-state index in [1.54, 1.807) is 4.52 Å². The first-order valence-corrected chi connectivity index (χ1v) is 10.5. The Hall–Kier alpha value is -3.26. The van der Waals surface area contributed by atoms with Crippen molar-refractivity contribution in [3.63, 3.8) is 0 Å². The Balaban J connectivity index is 1.54. The lowest BCUT2D eigenvalue weighted by Gasteiger charge is -2.18. The van der Waals surface area contributed by atoms with Crippen LogP contribution in [0.1, 0.15) is 43.6 Å². The van der Waals surface area contributed by atoms with Gasteiger partial charge in [0.2, 0.25) is 10.1 Å². The number of benzene rings is 2. The molecular formula is C22H23N5O2S. The Morgan fingerprint density at radius 2 is 1.77 bits per heavy atom. The summed E-state index contributed by atoms with van der Waals surface area (Å²) in [6.45, 7) is 8.98. The topological polar surface area (TPSA) is 81.4 Å². The Kier molecular flexibility index (Phi) is 5.26. The number of hydrogen-bond donors (Lipinski definition) is 1. The van der Waals surface area contributed by atoms with Crippen molar-refractivity contribution in [2.75, 3.05) is 11.9 Å². The average Bonchev–Trinajstić information content (AvgIpc) is 3.28. The summed E-state index contributed by atoms with van der Waals surface area (Å²) in [6.07, 6.45) is 0. The third kappa shape index (κ3) is 4.04. The fourth-order valence-electron chi connectivity index (χ4n) is 3.01. The van der Waals surface area contributed by atoms with Gasteiger partial charge in [-0.2, -0.15) is 4.52 Å². The van der Waals surface area contributed by atoms with E-state index in [-0.39, 0.29) is 11.3 Å². The van der Waals surface area contributed by atoms with E-state index in [1.807, 2.05) is 55.5 Å². The van der Waals surface area contributed by atoms with Gasteiger partial charge in [-0.05, 0) is 54.3 Å². The van der Waals surface area contributed by atoms with Gasteiger partial charge in [-0.1, -0.05) is 44.2 Å². The summed E-state index contributed by atoms with van der Waals surface area (Å²) in [6, 6.07) is 15.2. The molecule has 2 heterocycles. The molecule has 0 spiro atoms. The lowest BCUT2D eigenvalue weighted by Crippen LogP contribution is -2.14. The highest BCUT2D eigenvalue weighted by Crippen LogP contribution is 2.26. The predicted molar refractivity (Wildman–Crippen MR) is 118 cm³/mol. The molecule has 4 rings (SSSR count). The van der Waals surface area contributed by atoms with Gasteiger partial charge >= 0.3 is 0 Å². The summed E-state index contributed by atoms with van der Waals surface area (Å²) in [4.78, 5) is 13.2. The van der Waals surface area contributed by atoms with Gasteiger partial charge in [-0.15, -0.1) is 15.3 Å². The molecule has 0 fully saturated rings. The van der Waals surface area contributed by atoms with Crippen LogP contribution in [0.4, 0.5) is 5.13 Å². The van der Waals surface area contributed by atoms with Gasteiger partial charge in [0, 0.05) is 11.1 Å². The van der Waals surface area contributed by atoms with Crippen LogP contribution in [0.2, 0.25) is 0 Å². The molecule has 30 heavy (non-hydrogen) atoms. The van der Waals surface area contributed by atoms with Crippen molar-refractivity contribution >= 4 is 27.3 Å². The number of amides is 1. The first-order chi connectivity index (χ1) is 14.3. The van der Waals surface area contributed by atoms with Crippen LogP contribution in [0.15, 0.2) is 48.5 Å². The smallest absolute Gasteiger partial charge is 0.257 e. The van der Waals surface area contributed by atoms with Gasteiger partial charge in [0.1, 0.15) is 5.75 Å². The van der Waals surface area contributed by atoms with Crippen LogP contribution >= 0.6 is 11.3 Å². The van der Waals surface area contributed by atoms with Crippen molar-refractivity contribution in [2.24, 2.45) is 0 Å². The molecule has 0 aliphatic carbocycles. The number of rotatable bonds is 5. The Morgan fingerprint density at radius 1 is 1.07 bits per heavy atom. The van der Waals surface area contributed by atoms with Crippen molar-refractivity contribution in [2.45, 2.75) is 33.1 Å². The van der Waals surface area contributed by atoms with E-state index >= 15 is 0 Å². The predicted octanol–water partition coefficient (Wildman–Crippen LogP) is 4.80. The van der Waals surface area contributed by atoms with Crippen molar-refractivity contribution in [3.8, 4) is 17.1 Å². The molecule has 2 aromatic carbocycles. The second-order valence-corrected chi connectivity index (χ2v) is 8.82. The molecule has 7 nitrogen and oxygen atoms in total. The molecule has 2 aromatic heterocycles. The van der Waals surface area contributed by atoms with Gasteiger partial charge < -0.3 is 4.74 Å². The largest absolute Gasteiger partial charge is 0.494 e. The minimum Gasteiger partial charge on any atom is -0.494 e. The number of anilines is 1. The average molecular weight is 422 g/mol. The van der Waals surface area contributed by atoms with Crippen molar-refractivity contribution in [1.82, 2.24) is 19.8 Å². The molecule has 0 aliphatic rings. The number of hydrogen-bond acceptors (Lipinski definition) is 6. The molecular weight excluding hydrogens is 398 g/mol. The van der Waals surface area contributed by atoms with E-state index in [9.17, 15) is 4.79 Å². The highest BCUT2D eigenvalue weighted by molar-refractivity contribution is 7.20. The minimum atomic E-state index is -0.206. The van der Waals surface area contributed by atoms with Gasteiger partial charge in [0.25, 0.3) is 5.91 Å². The number of ether oxygens (including phenoxy) is 1. The summed E-state index contributed by atoms with van der Waals surface area (Å²) in [5.41, 5.74) is 2.67. The van der Waals surface area contributed by atoms with E-state index in [1.165, 1.54) is 16.9 Å². The fourth-order valence-corrected chi connectivity index (χ4v) is 3.74. The third-order valence-electron chi connectivity index (χ3n) is 4.65. The fraction of sp³-hybridized carbons (Fsp3) is 0.273. The zero-order valence-electron chi connectivity index (χ0n) is 17.3. The number of carbonyl (C=O) groups excluding carboxylic acids is 1. The van der Waals surface area contributed by atoms with Crippen molar-refractivity contribution in [3.05, 3.63) is 59.7 Å². The van der Waals surface area contributed by atoms with Crippen LogP contribution in [0.25, 0.3) is 16.3 Å². The SMILES string of the molecule is CCOc1ccc(-c2nnc3sc(NC(=O)c4ccc(C(C)(C)C)cc4)nn23)cc1. The van der Waals surface area contributed by atoms with Gasteiger partial charge in [0.15, 0.2) is 5.82 Å². The Labute approximate surface area is 178 Å². The van der Waals surface area contributed by atoms with Gasteiger partial charge in [-0.25, -0.2) is 0 Å². The number of fused-ring (bicyclic) bond motifs is 1. The summed E-state index contributed by atoms with van der Waals surface area (Å²) in [5, 5.41) is 16.2. The molecule has 0 unspecified atom stereocenters. The summed E-state index contributed by atoms with van der Waals surface area (Å²) < 4.78 is 7.12. The maximum absolute atomic E-state index is 12.6. The molecule has 0 radical (unpaired) electrons. The lowest BCUT2D eigenvalue weighted by molar-refractivity contribution is 0.102. The summed E-state index contributed by atoms with van der Waals surface area (Å²) in [7, 11) is 0. The number of carbonyl (C=O) groups is 1. The summed E-state index contributed by atoms with van der Waals surface area (Å²) >= 11 is 1.28. The van der Waals surface area contributed by atoms with Crippen LogP contribution in [-0.2, 0) is 5.41 Å². The second-order valence-electron chi connectivity index (χ2n) is 7.86. The van der Waals surface area contributed by atoms with Crippen LogP contribution in [0, 0.1) is 0 Å². The van der Waals surface area contributed by atoms with Crippen molar-refractivity contribution in [1.29, 1.82) is 0 Å².